The Balaban J connectivity index is 1.73. The summed E-state index contributed by atoms with van der Waals surface area (Å²) in [5, 5.41) is 20.9. The van der Waals surface area contributed by atoms with E-state index in [4.69, 9.17) is 4.74 Å². The lowest BCUT2D eigenvalue weighted by molar-refractivity contribution is -0.132. The molecule has 0 saturated carbocycles. The van der Waals surface area contributed by atoms with Gasteiger partial charge in [0.25, 0.3) is 5.78 Å². The van der Waals surface area contributed by atoms with E-state index in [1.54, 1.807) is 42.5 Å². The van der Waals surface area contributed by atoms with Crippen LogP contribution in [0.4, 0.5) is 5.95 Å². The van der Waals surface area contributed by atoms with Crippen LogP contribution in [0.25, 0.3) is 16.8 Å². The molecule has 1 atom stereocenters. The Bertz CT molecular complexity index is 1390. The van der Waals surface area contributed by atoms with Gasteiger partial charge in [-0.3, -0.25) is 14.5 Å². The largest absolute Gasteiger partial charge is 0.508 e. The third-order valence-electron chi connectivity index (χ3n) is 5.60. The minimum absolute atomic E-state index is 0.0345. The van der Waals surface area contributed by atoms with Crippen molar-refractivity contribution in [3.63, 3.8) is 0 Å². The SMILES string of the molecule is COc1cccc(/C(O)=C2\C(=O)C(=O)N(c3nc4ccccc4[nH]3)C2c2ccc(O)cc2)c1. The lowest BCUT2D eigenvalue weighted by atomic mass is 9.95. The second-order valence-electron chi connectivity index (χ2n) is 7.57. The number of carbonyl (C=O) groups is 2. The van der Waals surface area contributed by atoms with Crippen LogP contribution in [0.3, 0.4) is 0 Å². The van der Waals surface area contributed by atoms with E-state index in [0.717, 1.165) is 0 Å². The summed E-state index contributed by atoms with van der Waals surface area (Å²) < 4.78 is 5.23. The topological polar surface area (TPSA) is 116 Å². The number of hydrogen-bond donors (Lipinski definition) is 3. The van der Waals surface area contributed by atoms with Crippen LogP contribution >= 0.6 is 0 Å². The van der Waals surface area contributed by atoms with Gasteiger partial charge in [-0.05, 0) is 42.0 Å². The molecular weight excluding hydrogens is 422 g/mol. The zero-order valence-electron chi connectivity index (χ0n) is 17.5. The number of H-pyrrole nitrogens is 1. The molecule has 1 aliphatic heterocycles. The molecule has 0 radical (unpaired) electrons. The summed E-state index contributed by atoms with van der Waals surface area (Å²) in [4.78, 5) is 35.2. The van der Waals surface area contributed by atoms with Gasteiger partial charge in [0.05, 0.1) is 29.8 Å². The van der Waals surface area contributed by atoms with Gasteiger partial charge < -0.3 is 19.9 Å². The first-order valence-electron chi connectivity index (χ1n) is 10.2. The minimum atomic E-state index is -0.961. The Kier molecular flexibility index (Phi) is 4.82. The number of ketones is 1. The zero-order chi connectivity index (χ0) is 23.1. The molecule has 164 valence electrons. The van der Waals surface area contributed by atoms with E-state index in [-0.39, 0.29) is 23.0 Å². The molecule has 8 heteroatoms. The molecule has 5 rings (SSSR count). The fraction of sp³-hybridized carbons (Fsp3) is 0.0800. The van der Waals surface area contributed by atoms with Crippen molar-refractivity contribution < 1.29 is 24.5 Å². The van der Waals surface area contributed by atoms with Crippen molar-refractivity contribution in [2.75, 3.05) is 12.0 Å². The molecule has 1 aliphatic rings. The number of para-hydroxylation sites is 2. The smallest absolute Gasteiger partial charge is 0.302 e. The number of hydrogen-bond acceptors (Lipinski definition) is 6. The molecule has 8 nitrogen and oxygen atoms in total. The molecule has 3 N–H and O–H groups in total. The lowest BCUT2D eigenvalue weighted by Gasteiger charge is -2.23. The number of benzene rings is 3. The Morgan fingerprint density at radius 2 is 1.79 bits per heavy atom. The number of aliphatic hydroxyl groups is 1. The highest BCUT2D eigenvalue weighted by Gasteiger charge is 2.48. The van der Waals surface area contributed by atoms with Gasteiger partial charge in [0.2, 0.25) is 5.95 Å². The predicted molar refractivity (Wildman–Crippen MR) is 122 cm³/mol. The monoisotopic (exact) mass is 441 g/mol. The second-order valence-corrected chi connectivity index (χ2v) is 7.57. The van der Waals surface area contributed by atoms with Gasteiger partial charge in [-0.2, -0.15) is 0 Å². The molecule has 0 spiro atoms. The number of rotatable bonds is 4. The first-order chi connectivity index (χ1) is 16.0. The maximum atomic E-state index is 13.2. The van der Waals surface area contributed by atoms with Crippen molar-refractivity contribution >= 4 is 34.4 Å². The normalized spacial score (nSPS) is 17.6. The van der Waals surface area contributed by atoms with Crippen LogP contribution < -0.4 is 9.64 Å². The Hall–Kier alpha value is -4.59. The van der Waals surface area contributed by atoms with E-state index in [2.05, 4.69) is 9.97 Å². The maximum absolute atomic E-state index is 13.2. The number of Topliss-reactive ketones (excluding diaryl/α,β-unsaturated/α-hetero) is 1. The predicted octanol–water partition coefficient (Wildman–Crippen LogP) is 3.90. The summed E-state index contributed by atoms with van der Waals surface area (Å²) in [6, 6.07) is 19.0. The van der Waals surface area contributed by atoms with Gasteiger partial charge in [-0.25, -0.2) is 4.98 Å². The zero-order valence-corrected chi connectivity index (χ0v) is 17.5. The van der Waals surface area contributed by atoms with Crippen LogP contribution in [-0.4, -0.2) is 39.0 Å². The van der Waals surface area contributed by atoms with Crippen molar-refractivity contribution in [3.05, 3.63) is 89.5 Å². The average molecular weight is 441 g/mol. The number of aromatic amines is 1. The van der Waals surface area contributed by atoms with E-state index in [0.29, 0.717) is 27.9 Å². The van der Waals surface area contributed by atoms with E-state index in [1.165, 1.54) is 24.1 Å². The third-order valence-corrected chi connectivity index (χ3v) is 5.60. The van der Waals surface area contributed by atoms with Gasteiger partial charge in [0, 0.05) is 5.56 Å². The average Bonchev–Trinajstić information content (AvgIpc) is 3.37. The minimum Gasteiger partial charge on any atom is -0.508 e. The summed E-state index contributed by atoms with van der Waals surface area (Å²) in [5.41, 5.74) is 2.11. The summed E-state index contributed by atoms with van der Waals surface area (Å²) >= 11 is 0. The number of nitrogens with zero attached hydrogens (tertiary/aromatic N) is 2. The van der Waals surface area contributed by atoms with Crippen LogP contribution in [0.15, 0.2) is 78.4 Å². The van der Waals surface area contributed by atoms with Gasteiger partial charge in [0.1, 0.15) is 17.3 Å². The number of nitrogens with one attached hydrogen (secondary N) is 1. The lowest BCUT2D eigenvalue weighted by Crippen LogP contribution is -2.30. The van der Waals surface area contributed by atoms with Crippen molar-refractivity contribution in [1.29, 1.82) is 0 Å². The number of phenolic OH excluding ortho intramolecular Hbond substituents is 1. The van der Waals surface area contributed by atoms with Gasteiger partial charge >= 0.3 is 5.91 Å². The van der Waals surface area contributed by atoms with Crippen molar-refractivity contribution in [2.45, 2.75) is 6.04 Å². The van der Waals surface area contributed by atoms with Gasteiger partial charge in [-0.1, -0.05) is 36.4 Å². The summed E-state index contributed by atoms with van der Waals surface area (Å²) in [5.74, 6) is -1.28. The van der Waals surface area contributed by atoms with Crippen LogP contribution in [0.1, 0.15) is 17.2 Å². The third kappa shape index (κ3) is 3.38. The number of aliphatic hydroxyl groups excluding tert-OH is 1. The summed E-state index contributed by atoms with van der Waals surface area (Å²) in [6.45, 7) is 0. The number of aromatic hydroxyl groups is 1. The number of carbonyl (C=O) groups excluding carboxylic acids is 2. The Morgan fingerprint density at radius 3 is 2.52 bits per heavy atom. The quantitative estimate of drug-likeness (QED) is 0.251. The molecule has 1 aromatic heterocycles. The second kappa shape index (κ2) is 7.83. The number of anilines is 1. The molecule has 1 amide bonds. The first-order valence-corrected chi connectivity index (χ1v) is 10.2. The number of methoxy groups -OCH3 is 1. The van der Waals surface area contributed by atoms with Gasteiger partial charge in [0.15, 0.2) is 0 Å². The summed E-state index contributed by atoms with van der Waals surface area (Å²) in [6.07, 6.45) is 0. The molecular formula is C25H19N3O5. The molecule has 0 bridgehead atoms. The number of fused-ring (bicyclic) bond motifs is 1. The molecule has 33 heavy (non-hydrogen) atoms. The number of amides is 1. The number of phenols is 1. The van der Waals surface area contributed by atoms with E-state index >= 15 is 0 Å². The fourth-order valence-electron chi connectivity index (χ4n) is 4.00. The first kappa shape index (κ1) is 20.3. The van der Waals surface area contributed by atoms with Crippen molar-refractivity contribution in [3.8, 4) is 11.5 Å². The Labute approximate surface area is 188 Å². The number of imidazole rings is 1. The van der Waals surface area contributed by atoms with E-state index in [1.807, 2.05) is 18.2 Å². The Morgan fingerprint density at radius 1 is 1.03 bits per heavy atom. The van der Waals surface area contributed by atoms with Crippen molar-refractivity contribution in [1.82, 2.24) is 9.97 Å². The maximum Gasteiger partial charge on any atom is 0.302 e. The molecule has 1 saturated heterocycles. The van der Waals surface area contributed by atoms with E-state index in [9.17, 15) is 19.8 Å². The summed E-state index contributed by atoms with van der Waals surface area (Å²) in [7, 11) is 1.50. The number of ether oxygens (including phenoxy) is 1. The molecule has 2 heterocycles. The van der Waals surface area contributed by atoms with Crippen LogP contribution in [0, 0.1) is 0 Å². The highest BCUT2D eigenvalue weighted by molar-refractivity contribution is 6.51. The van der Waals surface area contributed by atoms with E-state index < -0.39 is 17.7 Å². The fourth-order valence-corrected chi connectivity index (χ4v) is 4.00. The highest BCUT2D eigenvalue weighted by atomic mass is 16.5. The highest BCUT2D eigenvalue weighted by Crippen LogP contribution is 2.42. The molecule has 1 unspecified atom stereocenters. The molecule has 3 aromatic carbocycles. The molecule has 1 fully saturated rings. The van der Waals surface area contributed by atoms with Crippen molar-refractivity contribution in [2.24, 2.45) is 0 Å². The van der Waals surface area contributed by atoms with Crippen LogP contribution in [0.2, 0.25) is 0 Å². The molecule has 0 aliphatic carbocycles. The van der Waals surface area contributed by atoms with Crippen LogP contribution in [0.5, 0.6) is 11.5 Å². The number of aromatic nitrogens is 2. The van der Waals surface area contributed by atoms with Gasteiger partial charge in [-0.15, -0.1) is 0 Å². The standard InChI is InChI=1S/C25H19N3O5/c1-33-17-6-4-5-15(13-17)22(30)20-21(14-9-11-16(29)12-10-14)28(24(32)23(20)31)25-26-18-7-2-3-8-19(18)27-25/h2-13,21,29-30H,1H3,(H,26,27)/b22-20+. The van der Waals surface area contributed by atoms with Crippen LogP contribution in [-0.2, 0) is 9.59 Å². The molecule has 4 aromatic rings.